The molecule has 3 nitrogen and oxygen atoms in total. The molecule has 1 heterocycles. The van der Waals surface area contributed by atoms with E-state index in [1.54, 1.807) is 30.0 Å². The molecule has 2 rings (SSSR count). The first-order chi connectivity index (χ1) is 9.15. The number of anilines is 1. The summed E-state index contributed by atoms with van der Waals surface area (Å²) < 4.78 is 0.806. The van der Waals surface area contributed by atoms with Crippen LogP contribution in [0.25, 0.3) is 0 Å². The van der Waals surface area contributed by atoms with Gasteiger partial charge >= 0.3 is 0 Å². The predicted octanol–water partition coefficient (Wildman–Crippen LogP) is 3.53. The molecule has 1 aliphatic heterocycles. The molecule has 1 fully saturated rings. The normalized spacial score (nSPS) is 16.3. The summed E-state index contributed by atoms with van der Waals surface area (Å²) in [6.45, 7) is 2.12. The third-order valence-electron chi connectivity index (χ3n) is 2.94. The Hall–Kier alpha value is -0.230. The Morgan fingerprint density at radius 1 is 1.47 bits per heavy atom. The van der Waals surface area contributed by atoms with Gasteiger partial charge in [0.2, 0.25) is 5.91 Å². The lowest BCUT2D eigenvalue weighted by atomic mass is 10.2. The Morgan fingerprint density at radius 2 is 2.21 bits per heavy atom. The second-order valence-electron chi connectivity index (χ2n) is 4.43. The van der Waals surface area contributed by atoms with E-state index in [2.05, 4.69) is 26.6 Å². The first-order valence-electron chi connectivity index (χ1n) is 6.22. The van der Waals surface area contributed by atoms with Gasteiger partial charge in [-0.1, -0.05) is 11.6 Å². The van der Waals surface area contributed by atoms with Crippen LogP contribution in [0.5, 0.6) is 0 Å². The molecule has 1 aromatic rings. The summed E-state index contributed by atoms with van der Waals surface area (Å²) >= 11 is 11.0. The molecule has 0 spiro atoms. The first-order valence-corrected chi connectivity index (χ1v) is 8.44. The molecule has 0 saturated carbocycles. The van der Waals surface area contributed by atoms with Crippen molar-refractivity contribution in [2.75, 3.05) is 24.2 Å². The van der Waals surface area contributed by atoms with Gasteiger partial charge in [-0.15, -0.1) is 11.8 Å². The summed E-state index contributed by atoms with van der Waals surface area (Å²) in [5.41, 5.74) is 0.764. The molecule has 0 radical (unpaired) electrons. The molecule has 1 saturated heterocycles. The topological polar surface area (TPSA) is 41.1 Å². The molecule has 0 atom stereocenters. The number of rotatable bonds is 4. The van der Waals surface area contributed by atoms with Gasteiger partial charge in [0.05, 0.1) is 11.4 Å². The number of carbonyl (C=O) groups is 1. The average Bonchev–Trinajstić information content (AvgIpc) is 2.41. The Morgan fingerprint density at radius 3 is 2.89 bits per heavy atom. The van der Waals surface area contributed by atoms with Gasteiger partial charge in [-0.25, -0.2) is 0 Å². The van der Waals surface area contributed by atoms with Crippen LogP contribution in [0.4, 0.5) is 5.69 Å². The highest BCUT2D eigenvalue weighted by molar-refractivity contribution is 9.10. The maximum absolute atomic E-state index is 11.9. The third-order valence-corrected chi connectivity index (χ3v) is 5.20. The van der Waals surface area contributed by atoms with Crippen molar-refractivity contribution in [2.24, 2.45) is 0 Å². The van der Waals surface area contributed by atoms with Crippen LogP contribution in [-0.4, -0.2) is 30.0 Å². The van der Waals surface area contributed by atoms with E-state index in [0.29, 0.717) is 16.0 Å². The van der Waals surface area contributed by atoms with Crippen LogP contribution in [0.15, 0.2) is 22.7 Å². The third kappa shape index (κ3) is 4.99. The fourth-order valence-corrected chi connectivity index (χ4v) is 3.74. The Bertz CT molecular complexity index is 452. The number of benzene rings is 1. The smallest absolute Gasteiger partial charge is 0.234 e. The standard InChI is InChI=1S/C13H16BrClN2OS/c14-11-7-9(15)1-2-12(11)17-13(18)8-19-10-3-5-16-6-4-10/h1-2,7,10,16H,3-6,8H2,(H,17,18). The maximum atomic E-state index is 11.9. The number of hydrogen-bond donors (Lipinski definition) is 2. The summed E-state index contributed by atoms with van der Waals surface area (Å²) in [6.07, 6.45) is 2.28. The Kier molecular flexibility index (Phi) is 6.01. The molecule has 1 aromatic carbocycles. The summed E-state index contributed by atoms with van der Waals surface area (Å²) in [5.74, 6) is 0.534. The van der Waals surface area contributed by atoms with Crippen LogP contribution >= 0.6 is 39.3 Å². The van der Waals surface area contributed by atoms with E-state index in [1.165, 1.54) is 0 Å². The second kappa shape index (κ2) is 7.53. The monoisotopic (exact) mass is 362 g/mol. The zero-order valence-corrected chi connectivity index (χ0v) is 13.6. The quantitative estimate of drug-likeness (QED) is 0.860. The number of piperidine rings is 1. The number of thioether (sulfide) groups is 1. The number of hydrogen-bond acceptors (Lipinski definition) is 3. The lowest BCUT2D eigenvalue weighted by molar-refractivity contribution is -0.113. The van der Waals surface area contributed by atoms with Crippen LogP contribution in [0, 0.1) is 0 Å². The molecule has 0 aliphatic carbocycles. The molecular weight excluding hydrogens is 348 g/mol. The van der Waals surface area contributed by atoms with Crippen LogP contribution in [-0.2, 0) is 4.79 Å². The van der Waals surface area contributed by atoms with Crippen molar-refractivity contribution in [3.63, 3.8) is 0 Å². The lowest BCUT2D eigenvalue weighted by Crippen LogP contribution is -2.30. The van der Waals surface area contributed by atoms with E-state index in [0.717, 1.165) is 36.1 Å². The van der Waals surface area contributed by atoms with Crippen molar-refractivity contribution < 1.29 is 4.79 Å². The van der Waals surface area contributed by atoms with Gasteiger partial charge in [-0.05, 0) is 60.1 Å². The van der Waals surface area contributed by atoms with Crippen LogP contribution in [0.2, 0.25) is 5.02 Å². The summed E-state index contributed by atoms with van der Waals surface area (Å²) in [5, 5.41) is 7.46. The SMILES string of the molecule is O=C(CSC1CCNCC1)Nc1ccc(Cl)cc1Br. The van der Waals surface area contributed by atoms with Crippen molar-refractivity contribution in [2.45, 2.75) is 18.1 Å². The van der Waals surface area contributed by atoms with E-state index >= 15 is 0 Å². The zero-order chi connectivity index (χ0) is 13.7. The highest BCUT2D eigenvalue weighted by Crippen LogP contribution is 2.26. The van der Waals surface area contributed by atoms with E-state index < -0.39 is 0 Å². The number of halogens is 2. The van der Waals surface area contributed by atoms with Crippen molar-refractivity contribution >= 4 is 50.9 Å². The van der Waals surface area contributed by atoms with Crippen molar-refractivity contribution in [1.82, 2.24) is 5.32 Å². The Balaban J connectivity index is 1.80. The molecule has 6 heteroatoms. The second-order valence-corrected chi connectivity index (χ2v) is 7.01. The fraction of sp³-hybridized carbons (Fsp3) is 0.462. The minimum Gasteiger partial charge on any atom is -0.324 e. The minimum absolute atomic E-state index is 0.0338. The highest BCUT2D eigenvalue weighted by atomic mass is 79.9. The van der Waals surface area contributed by atoms with Gasteiger partial charge < -0.3 is 10.6 Å². The van der Waals surface area contributed by atoms with Crippen molar-refractivity contribution in [3.05, 3.63) is 27.7 Å². The van der Waals surface area contributed by atoms with Crippen LogP contribution in [0.3, 0.4) is 0 Å². The molecule has 0 bridgehead atoms. The number of carbonyl (C=O) groups excluding carboxylic acids is 1. The van der Waals surface area contributed by atoms with Crippen molar-refractivity contribution in [1.29, 1.82) is 0 Å². The molecule has 1 aliphatic rings. The molecule has 19 heavy (non-hydrogen) atoms. The summed E-state index contributed by atoms with van der Waals surface area (Å²) in [7, 11) is 0. The molecule has 2 N–H and O–H groups in total. The molecule has 0 aromatic heterocycles. The van der Waals surface area contributed by atoms with E-state index in [-0.39, 0.29) is 5.91 Å². The molecule has 1 amide bonds. The van der Waals surface area contributed by atoms with Gasteiger partial charge in [0.25, 0.3) is 0 Å². The molecule has 0 unspecified atom stereocenters. The highest BCUT2D eigenvalue weighted by Gasteiger charge is 2.15. The fourth-order valence-electron chi connectivity index (χ4n) is 1.93. The molecule has 104 valence electrons. The van der Waals surface area contributed by atoms with Gasteiger partial charge in [0.15, 0.2) is 0 Å². The predicted molar refractivity (Wildman–Crippen MR) is 86.1 cm³/mol. The van der Waals surface area contributed by atoms with Crippen LogP contribution < -0.4 is 10.6 Å². The average molecular weight is 364 g/mol. The largest absolute Gasteiger partial charge is 0.324 e. The Labute approximate surface area is 131 Å². The minimum atomic E-state index is 0.0338. The van der Waals surface area contributed by atoms with E-state index in [9.17, 15) is 4.79 Å². The van der Waals surface area contributed by atoms with Crippen LogP contribution in [0.1, 0.15) is 12.8 Å². The first kappa shape index (κ1) is 15.2. The van der Waals surface area contributed by atoms with E-state index in [4.69, 9.17) is 11.6 Å². The van der Waals surface area contributed by atoms with Crippen molar-refractivity contribution in [3.8, 4) is 0 Å². The van der Waals surface area contributed by atoms with Gasteiger partial charge in [-0.2, -0.15) is 0 Å². The number of amides is 1. The van der Waals surface area contributed by atoms with Gasteiger partial charge in [0, 0.05) is 14.7 Å². The molecular formula is C13H16BrClN2OS. The summed E-state index contributed by atoms with van der Waals surface area (Å²) in [6, 6.07) is 5.35. The van der Waals surface area contributed by atoms with E-state index in [1.807, 2.05) is 0 Å². The summed E-state index contributed by atoms with van der Waals surface area (Å²) in [4.78, 5) is 11.9. The number of nitrogens with one attached hydrogen (secondary N) is 2. The lowest BCUT2D eigenvalue weighted by Gasteiger charge is -2.21. The van der Waals surface area contributed by atoms with Gasteiger partial charge in [0.1, 0.15) is 0 Å². The maximum Gasteiger partial charge on any atom is 0.234 e. The zero-order valence-electron chi connectivity index (χ0n) is 10.4. The van der Waals surface area contributed by atoms with Gasteiger partial charge in [-0.3, -0.25) is 4.79 Å².